The molecular formula is C54H69N9O14S2. The Morgan fingerprint density at radius 3 is 1.63 bits per heavy atom. The number of ketones is 1. The number of aromatic nitrogens is 2. The minimum absolute atomic E-state index is 0.0208. The number of likely N-dealkylation sites (N-methyl/N-ethyl adjacent to an activating group) is 1. The van der Waals surface area contributed by atoms with Crippen molar-refractivity contribution in [3.05, 3.63) is 83.5 Å². The van der Waals surface area contributed by atoms with Crippen LogP contribution in [0.1, 0.15) is 78.6 Å². The molecule has 23 nitrogen and oxygen atoms in total. The first-order chi connectivity index (χ1) is 37.5. The third-order valence-corrected chi connectivity index (χ3v) is 14.9. The van der Waals surface area contributed by atoms with Gasteiger partial charge in [-0.15, -0.1) is 5.06 Å². The molecule has 3 aliphatic heterocycles. The van der Waals surface area contributed by atoms with Gasteiger partial charge in [-0.1, -0.05) is 0 Å². The summed E-state index contributed by atoms with van der Waals surface area (Å²) in [5.74, 6) is -1.30. The molecule has 25 heteroatoms. The normalized spacial score (nSPS) is 14.1. The molecule has 3 heterocycles. The van der Waals surface area contributed by atoms with E-state index in [9.17, 15) is 49.9 Å². The molecule has 7 rings (SSSR count). The van der Waals surface area contributed by atoms with Crippen molar-refractivity contribution < 1.29 is 63.6 Å². The van der Waals surface area contributed by atoms with E-state index in [4.69, 9.17) is 18.7 Å². The summed E-state index contributed by atoms with van der Waals surface area (Å²) in [6.07, 6.45) is 3.29. The highest BCUT2D eigenvalue weighted by Gasteiger charge is 2.33. The van der Waals surface area contributed by atoms with Gasteiger partial charge in [0.15, 0.2) is 35.8 Å². The molecule has 1 atom stereocenters. The molecule has 5 aliphatic rings. The molecule has 0 aromatic heterocycles. The van der Waals surface area contributed by atoms with Gasteiger partial charge in [-0.05, 0) is 96.3 Å². The monoisotopic (exact) mass is 1130 g/mol. The summed E-state index contributed by atoms with van der Waals surface area (Å²) in [6, 6.07) is 22.2. The molecular weight excluding hydrogens is 1060 g/mol. The number of nitrogens with one attached hydrogen (secondary N) is 2. The smallest absolute Gasteiger partial charge is 0.339 e. The minimum atomic E-state index is -4.26. The SMILES string of the molecule is CCN(CCCS(=O)(=O)[O-])c1ccc2nc3ccc(=[N+](C)CCC(=O)NCCCCC(NC)C(C)=O)cc-3oc2c1.CCN(CCCS(=O)(=O)[O-])c1ccc2nc3ccc(=[N+](C)CCC(=O)ON4C(=O)CCC4=O)cc-3oc2c1. The predicted molar refractivity (Wildman–Crippen MR) is 294 cm³/mol. The quantitative estimate of drug-likeness (QED) is 0.0259. The highest BCUT2D eigenvalue weighted by atomic mass is 32.2. The van der Waals surface area contributed by atoms with Gasteiger partial charge in [-0.2, -0.15) is 0 Å². The zero-order valence-corrected chi connectivity index (χ0v) is 47.0. The fraction of sp³-hybridized carbons (Fsp3) is 0.463. The van der Waals surface area contributed by atoms with Crippen LogP contribution in [0.4, 0.5) is 11.4 Å². The Bertz CT molecular complexity index is 3460. The molecule has 3 amide bonds. The lowest BCUT2D eigenvalue weighted by Crippen LogP contribution is -2.34. The fourth-order valence-electron chi connectivity index (χ4n) is 8.81. The maximum Gasteiger partial charge on any atom is 0.339 e. The zero-order chi connectivity index (χ0) is 57.4. The Hall–Kier alpha value is -7.19. The van der Waals surface area contributed by atoms with Gasteiger partial charge in [-0.3, -0.25) is 19.2 Å². The number of benzene rings is 4. The number of carbonyl (C=O) groups is 5. The number of anilines is 2. The maximum atomic E-state index is 12.3. The van der Waals surface area contributed by atoms with Crippen molar-refractivity contribution in [2.45, 2.75) is 84.6 Å². The molecule has 2 N–H and O–H groups in total. The van der Waals surface area contributed by atoms with Gasteiger partial charge in [0.2, 0.25) is 16.6 Å². The Kier molecular flexibility index (Phi) is 21.7. The van der Waals surface area contributed by atoms with Crippen LogP contribution in [0.15, 0.2) is 81.6 Å². The van der Waals surface area contributed by atoms with Gasteiger partial charge in [0.05, 0.1) is 44.8 Å². The summed E-state index contributed by atoms with van der Waals surface area (Å²) in [6.45, 7) is 8.96. The van der Waals surface area contributed by atoms with Gasteiger partial charge < -0.3 is 43.2 Å². The van der Waals surface area contributed by atoms with E-state index in [1.54, 1.807) is 33.2 Å². The van der Waals surface area contributed by atoms with E-state index in [-0.39, 0.29) is 56.4 Å². The number of hydrogen-bond acceptors (Lipinski definition) is 19. The number of imide groups is 1. The highest BCUT2D eigenvalue weighted by molar-refractivity contribution is 7.85. The molecule has 0 bridgehead atoms. The molecule has 0 spiro atoms. The summed E-state index contributed by atoms with van der Waals surface area (Å²) in [4.78, 5) is 77.4. The van der Waals surface area contributed by atoms with Gasteiger partial charge in [0.1, 0.15) is 48.7 Å². The molecule has 2 aliphatic carbocycles. The standard InChI is InChI=1S/C29H41N5O6S.C25H28N4O8S/c1-5-34(16-8-18-41(37,38)39)23-11-13-26-28(20-23)40-27-19-22(10-12-25(27)32-26)33(4)17-14-29(36)31-15-7-6-9-24(30-3)21(2)35;1-3-28(12-4-14-38(33,34)35)18-6-8-20-22(16-18)36-21-15-17(5-7-19(21)26-20)27(2)13-11-25(32)37-29-23(30)9-10-24(29)31/h10-13,19-20,24,30H,5-9,14-18H2,1-4H3,(H-,31,36,37,38,39);5-8,15-16H,3-4,9-14H2,1-2H3. The largest absolute Gasteiger partial charge is 0.748 e. The van der Waals surface area contributed by atoms with E-state index >= 15 is 0 Å². The summed E-state index contributed by atoms with van der Waals surface area (Å²) in [5.41, 5.74) is 5.48. The molecule has 426 valence electrons. The number of hydroxylamine groups is 2. The topological polar surface area (TPSA) is 301 Å². The average Bonchev–Trinajstić information content (AvgIpc) is 3.85. The molecule has 2 aromatic carbocycles. The van der Waals surface area contributed by atoms with Crippen molar-refractivity contribution >= 4 is 83.3 Å². The van der Waals surface area contributed by atoms with Crippen LogP contribution in [0.3, 0.4) is 0 Å². The number of carbonyl (C=O) groups excluding carboxylic acids is 5. The lowest BCUT2D eigenvalue weighted by Gasteiger charge is -2.23. The van der Waals surface area contributed by atoms with Crippen molar-refractivity contribution in [3.8, 4) is 22.9 Å². The number of fused-ring (bicyclic) bond motifs is 4. The number of Topliss-reactive ketones (excluding diaryl/α,β-unsaturated/α-hetero) is 1. The Labute approximate surface area is 459 Å². The van der Waals surface area contributed by atoms with Crippen LogP contribution in [0.5, 0.6) is 0 Å². The third kappa shape index (κ3) is 18.2. The fourth-order valence-corrected chi connectivity index (χ4v) is 9.77. The van der Waals surface area contributed by atoms with Crippen LogP contribution >= 0.6 is 0 Å². The van der Waals surface area contributed by atoms with Gasteiger partial charge in [0.25, 0.3) is 11.8 Å². The summed E-state index contributed by atoms with van der Waals surface area (Å²) < 4.78 is 81.8. The molecule has 0 radical (unpaired) electrons. The number of rotatable bonds is 26. The highest BCUT2D eigenvalue weighted by Crippen LogP contribution is 2.29. The van der Waals surface area contributed by atoms with Crippen LogP contribution in [-0.4, -0.2) is 155 Å². The van der Waals surface area contributed by atoms with Crippen molar-refractivity contribution in [1.82, 2.24) is 34.8 Å². The lowest BCUT2D eigenvalue weighted by molar-refractivity contribution is -0.197. The molecule has 1 unspecified atom stereocenters. The van der Waals surface area contributed by atoms with Crippen molar-refractivity contribution in [2.24, 2.45) is 0 Å². The third-order valence-electron chi connectivity index (χ3n) is 13.3. The predicted octanol–water partition coefficient (Wildman–Crippen LogP) is 3.04. The Balaban J connectivity index is 0.000000256. The first-order valence-electron chi connectivity index (χ1n) is 26.2. The van der Waals surface area contributed by atoms with E-state index in [0.29, 0.717) is 95.9 Å². The van der Waals surface area contributed by atoms with Gasteiger partial charge in [0, 0.05) is 92.7 Å². The molecule has 79 heavy (non-hydrogen) atoms. The first-order valence-corrected chi connectivity index (χ1v) is 29.4. The van der Waals surface area contributed by atoms with Crippen LogP contribution in [0.25, 0.3) is 45.1 Å². The maximum absolute atomic E-state index is 12.3. The number of unbranched alkanes of at least 4 members (excludes halogenated alkanes) is 1. The molecule has 1 saturated heterocycles. The Morgan fingerprint density at radius 2 is 1.19 bits per heavy atom. The molecule has 0 saturated carbocycles. The van der Waals surface area contributed by atoms with Crippen molar-refractivity contribution in [2.75, 3.05) is 88.3 Å². The zero-order valence-electron chi connectivity index (χ0n) is 45.4. The lowest BCUT2D eigenvalue weighted by atomic mass is 10.1. The Morgan fingerprint density at radius 1 is 0.709 bits per heavy atom. The van der Waals surface area contributed by atoms with Crippen LogP contribution in [0, 0.1) is 0 Å². The average molecular weight is 1130 g/mol. The van der Waals surface area contributed by atoms with E-state index in [1.807, 2.05) is 101 Å². The molecule has 2 aromatic rings. The summed E-state index contributed by atoms with van der Waals surface area (Å²) in [7, 11) is -3.02. The number of amides is 3. The van der Waals surface area contributed by atoms with Gasteiger partial charge in [-0.25, -0.2) is 40.7 Å². The van der Waals surface area contributed by atoms with Crippen molar-refractivity contribution in [3.63, 3.8) is 0 Å². The first kappa shape index (κ1) is 61.0. The van der Waals surface area contributed by atoms with E-state index in [1.165, 1.54) is 0 Å². The van der Waals surface area contributed by atoms with Gasteiger partial charge >= 0.3 is 5.97 Å². The van der Waals surface area contributed by atoms with Crippen LogP contribution < -0.4 is 40.3 Å². The van der Waals surface area contributed by atoms with Crippen LogP contribution in [0.2, 0.25) is 0 Å². The number of hydrogen-bond donors (Lipinski definition) is 2. The van der Waals surface area contributed by atoms with E-state index in [0.717, 1.165) is 41.4 Å². The second-order valence-corrected chi connectivity index (χ2v) is 22.2. The molecule has 1 fully saturated rings. The summed E-state index contributed by atoms with van der Waals surface area (Å²) in [5, 5.41) is 8.14. The second-order valence-electron chi connectivity index (χ2n) is 19.1. The van der Waals surface area contributed by atoms with E-state index in [2.05, 4.69) is 15.6 Å². The minimum Gasteiger partial charge on any atom is -0.748 e. The summed E-state index contributed by atoms with van der Waals surface area (Å²) >= 11 is 0. The second kappa shape index (κ2) is 28.1. The van der Waals surface area contributed by atoms with Crippen LogP contribution in [-0.2, 0) is 49.0 Å². The number of nitrogens with zero attached hydrogens (tertiary/aromatic N) is 7. The van der Waals surface area contributed by atoms with Crippen molar-refractivity contribution in [1.29, 1.82) is 0 Å². The van der Waals surface area contributed by atoms with E-state index < -0.39 is 49.5 Å².